The van der Waals surface area contributed by atoms with Crippen LogP contribution in [0.15, 0.2) is 48.5 Å². The molecule has 0 aliphatic heterocycles. The SMILES string of the molecule is CC(C)(C)OC(=O)Oc1cc(C#N)ccc1-c1ccccc1. The molecule has 0 spiro atoms. The van der Waals surface area contributed by atoms with Crippen molar-refractivity contribution >= 4 is 6.16 Å². The number of ether oxygens (including phenoxy) is 2. The zero-order valence-corrected chi connectivity index (χ0v) is 12.8. The Morgan fingerprint density at radius 3 is 2.36 bits per heavy atom. The average Bonchev–Trinajstić information content (AvgIpc) is 2.46. The van der Waals surface area contributed by atoms with Crippen molar-refractivity contribution in [3.63, 3.8) is 0 Å². The summed E-state index contributed by atoms with van der Waals surface area (Å²) < 4.78 is 10.5. The molecule has 2 aromatic rings. The molecule has 0 aliphatic carbocycles. The lowest BCUT2D eigenvalue weighted by molar-refractivity contribution is 0.0207. The van der Waals surface area contributed by atoms with Crippen LogP contribution in [-0.2, 0) is 4.74 Å². The zero-order valence-electron chi connectivity index (χ0n) is 12.8. The summed E-state index contributed by atoms with van der Waals surface area (Å²) in [6.45, 7) is 5.29. The first-order valence-corrected chi connectivity index (χ1v) is 6.89. The van der Waals surface area contributed by atoms with Crippen molar-refractivity contribution in [3.8, 4) is 22.9 Å². The lowest BCUT2D eigenvalue weighted by Gasteiger charge is -2.19. The van der Waals surface area contributed by atoms with Gasteiger partial charge in [-0.2, -0.15) is 5.26 Å². The molecule has 0 saturated carbocycles. The predicted molar refractivity (Wildman–Crippen MR) is 83.5 cm³/mol. The number of hydrogen-bond donors (Lipinski definition) is 0. The smallest absolute Gasteiger partial charge is 0.428 e. The van der Waals surface area contributed by atoms with Crippen LogP contribution in [0.3, 0.4) is 0 Å². The van der Waals surface area contributed by atoms with E-state index in [2.05, 4.69) is 0 Å². The second kappa shape index (κ2) is 6.31. The highest BCUT2D eigenvalue weighted by molar-refractivity contribution is 5.75. The lowest BCUT2D eigenvalue weighted by atomic mass is 10.0. The highest BCUT2D eigenvalue weighted by Gasteiger charge is 2.19. The minimum Gasteiger partial charge on any atom is -0.428 e. The van der Waals surface area contributed by atoms with Crippen LogP contribution in [-0.4, -0.2) is 11.8 Å². The van der Waals surface area contributed by atoms with E-state index in [-0.39, 0.29) is 0 Å². The predicted octanol–water partition coefficient (Wildman–Crippen LogP) is 4.54. The molecule has 0 saturated heterocycles. The number of carbonyl (C=O) groups is 1. The van der Waals surface area contributed by atoms with E-state index in [1.54, 1.807) is 32.9 Å². The Balaban J connectivity index is 2.36. The summed E-state index contributed by atoms with van der Waals surface area (Å²) >= 11 is 0. The van der Waals surface area contributed by atoms with Crippen molar-refractivity contribution in [2.24, 2.45) is 0 Å². The molecule has 2 rings (SSSR count). The molecule has 2 aromatic carbocycles. The van der Waals surface area contributed by atoms with E-state index in [4.69, 9.17) is 14.7 Å². The van der Waals surface area contributed by atoms with Crippen molar-refractivity contribution in [2.45, 2.75) is 26.4 Å². The van der Waals surface area contributed by atoms with Crippen molar-refractivity contribution in [1.82, 2.24) is 0 Å². The maximum Gasteiger partial charge on any atom is 0.514 e. The molecule has 0 fully saturated rings. The molecule has 4 nitrogen and oxygen atoms in total. The number of carbonyl (C=O) groups excluding carboxylic acids is 1. The Hall–Kier alpha value is -2.80. The topological polar surface area (TPSA) is 59.3 Å². The Morgan fingerprint density at radius 1 is 1.09 bits per heavy atom. The third-order valence-corrected chi connectivity index (χ3v) is 2.78. The molecule has 22 heavy (non-hydrogen) atoms. The number of benzene rings is 2. The number of nitriles is 1. The lowest BCUT2D eigenvalue weighted by Crippen LogP contribution is -2.26. The quantitative estimate of drug-likeness (QED) is 0.603. The van der Waals surface area contributed by atoms with Crippen molar-refractivity contribution in [3.05, 3.63) is 54.1 Å². The van der Waals surface area contributed by atoms with Crippen LogP contribution in [0, 0.1) is 11.3 Å². The number of rotatable bonds is 2. The normalized spacial score (nSPS) is 10.6. The van der Waals surface area contributed by atoms with E-state index < -0.39 is 11.8 Å². The van der Waals surface area contributed by atoms with Crippen molar-refractivity contribution < 1.29 is 14.3 Å². The van der Waals surface area contributed by atoms with Gasteiger partial charge in [0.25, 0.3) is 0 Å². The van der Waals surface area contributed by atoms with E-state index in [0.717, 1.165) is 11.1 Å². The first kappa shape index (κ1) is 15.6. The second-order valence-corrected chi connectivity index (χ2v) is 5.76. The fourth-order valence-electron chi connectivity index (χ4n) is 1.89. The van der Waals surface area contributed by atoms with Crippen LogP contribution in [0.25, 0.3) is 11.1 Å². The van der Waals surface area contributed by atoms with Gasteiger partial charge in [-0.15, -0.1) is 0 Å². The van der Waals surface area contributed by atoms with Crippen LogP contribution in [0.2, 0.25) is 0 Å². The van der Waals surface area contributed by atoms with E-state index >= 15 is 0 Å². The van der Waals surface area contributed by atoms with Gasteiger partial charge in [-0.05, 0) is 44.5 Å². The average molecular weight is 295 g/mol. The maximum absolute atomic E-state index is 11.9. The first-order valence-electron chi connectivity index (χ1n) is 6.89. The van der Waals surface area contributed by atoms with Crippen molar-refractivity contribution in [2.75, 3.05) is 0 Å². The fraction of sp³-hybridized carbons (Fsp3) is 0.222. The first-order chi connectivity index (χ1) is 10.4. The Bertz CT molecular complexity index is 709. The van der Waals surface area contributed by atoms with E-state index in [9.17, 15) is 4.79 Å². The molecule has 0 radical (unpaired) electrons. The molecule has 0 N–H and O–H groups in total. The molecule has 0 atom stereocenters. The maximum atomic E-state index is 11.9. The highest BCUT2D eigenvalue weighted by atomic mass is 16.7. The van der Waals surface area contributed by atoms with Crippen LogP contribution in [0.5, 0.6) is 5.75 Å². The summed E-state index contributed by atoms with van der Waals surface area (Å²) in [5, 5.41) is 9.02. The van der Waals surface area contributed by atoms with Gasteiger partial charge in [0, 0.05) is 5.56 Å². The zero-order chi connectivity index (χ0) is 16.2. The Kier molecular flexibility index (Phi) is 4.47. The molecule has 0 unspecified atom stereocenters. The van der Waals surface area contributed by atoms with Gasteiger partial charge in [0.05, 0.1) is 11.6 Å². The summed E-state index contributed by atoms with van der Waals surface area (Å²) in [6, 6.07) is 16.5. The number of hydrogen-bond acceptors (Lipinski definition) is 4. The summed E-state index contributed by atoms with van der Waals surface area (Å²) in [4.78, 5) is 11.9. The van der Waals surface area contributed by atoms with Gasteiger partial charge in [-0.25, -0.2) is 4.79 Å². The minimum absolute atomic E-state index is 0.305. The van der Waals surface area contributed by atoms with Crippen molar-refractivity contribution in [1.29, 1.82) is 5.26 Å². The minimum atomic E-state index is -0.792. The van der Waals surface area contributed by atoms with Gasteiger partial charge in [-0.1, -0.05) is 30.3 Å². The molecule has 0 aromatic heterocycles. The monoisotopic (exact) mass is 295 g/mol. The van der Waals surface area contributed by atoms with E-state index in [1.165, 1.54) is 6.07 Å². The number of nitrogens with zero attached hydrogens (tertiary/aromatic N) is 1. The molecular formula is C18H17NO3. The standard InChI is InChI=1S/C18H17NO3/c1-18(2,3)22-17(20)21-16-11-13(12-19)9-10-15(16)14-7-5-4-6-8-14/h4-11H,1-3H3. The fourth-order valence-corrected chi connectivity index (χ4v) is 1.89. The van der Waals surface area contributed by atoms with Gasteiger partial charge in [0.2, 0.25) is 0 Å². The van der Waals surface area contributed by atoms with Crippen LogP contribution in [0.1, 0.15) is 26.3 Å². The van der Waals surface area contributed by atoms with Crippen LogP contribution < -0.4 is 4.74 Å². The van der Waals surface area contributed by atoms with Crippen LogP contribution >= 0.6 is 0 Å². The van der Waals surface area contributed by atoms with Gasteiger partial charge in [0.15, 0.2) is 0 Å². The van der Waals surface area contributed by atoms with Gasteiger partial charge in [0.1, 0.15) is 11.4 Å². The van der Waals surface area contributed by atoms with Gasteiger partial charge >= 0.3 is 6.16 Å². The molecule has 112 valence electrons. The molecular weight excluding hydrogens is 278 g/mol. The largest absolute Gasteiger partial charge is 0.514 e. The Morgan fingerprint density at radius 2 is 1.77 bits per heavy atom. The summed E-state index contributed by atoms with van der Waals surface area (Å²) in [6.07, 6.45) is -0.792. The Labute approximate surface area is 129 Å². The summed E-state index contributed by atoms with van der Waals surface area (Å²) in [5.74, 6) is 0.305. The van der Waals surface area contributed by atoms with E-state index in [1.807, 2.05) is 36.4 Å². The molecule has 4 heteroatoms. The summed E-state index contributed by atoms with van der Waals surface area (Å²) in [7, 11) is 0. The molecule has 0 aliphatic rings. The van der Waals surface area contributed by atoms with E-state index in [0.29, 0.717) is 11.3 Å². The molecule has 0 amide bonds. The third-order valence-electron chi connectivity index (χ3n) is 2.78. The van der Waals surface area contributed by atoms with Gasteiger partial charge in [-0.3, -0.25) is 0 Å². The molecule has 0 bridgehead atoms. The second-order valence-electron chi connectivity index (χ2n) is 5.76. The summed E-state index contributed by atoms with van der Waals surface area (Å²) in [5.41, 5.74) is 1.39. The van der Waals surface area contributed by atoms with Crippen LogP contribution in [0.4, 0.5) is 4.79 Å². The highest BCUT2D eigenvalue weighted by Crippen LogP contribution is 2.31. The third kappa shape index (κ3) is 4.10. The van der Waals surface area contributed by atoms with Gasteiger partial charge < -0.3 is 9.47 Å². The molecule has 0 heterocycles.